The van der Waals surface area contributed by atoms with Crippen LogP contribution in [0.25, 0.3) is 0 Å². The van der Waals surface area contributed by atoms with Gasteiger partial charge in [0.15, 0.2) is 6.10 Å². The Hall–Kier alpha value is -3.41. The van der Waals surface area contributed by atoms with Crippen LogP contribution in [-0.2, 0) is 28.6 Å². The Labute approximate surface area is 331 Å². The minimum absolute atomic E-state index is 0.110. The Morgan fingerprint density at radius 3 is 1.28 bits per heavy atom. The number of hydrogen-bond acceptors (Lipinski definition) is 6. The van der Waals surface area contributed by atoms with Gasteiger partial charge in [-0.1, -0.05) is 144 Å². The van der Waals surface area contributed by atoms with E-state index < -0.39 is 6.10 Å². The van der Waals surface area contributed by atoms with Crippen LogP contribution in [-0.4, -0.2) is 37.2 Å². The molecule has 0 fully saturated rings. The highest BCUT2D eigenvalue weighted by Crippen LogP contribution is 2.11. The summed E-state index contributed by atoms with van der Waals surface area (Å²) in [4.78, 5) is 37.6. The second kappa shape index (κ2) is 42.3. The summed E-state index contributed by atoms with van der Waals surface area (Å²) in [5, 5.41) is 0. The average Bonchev–Trinajstić information content (AvgIpc) is 3.17. The highest BCUT2D eigenvalue weighted by atomic mass is 16.6. The molecular weight excluding hydrogens is 673 g/mol. The molecule has 0 aliphatic heterocycles. The lowest BCUT2D eigenvalue weighted by Crippen LogP contribution is -2.30. The Balaban J connectivity index is 4.47. The maximum atomic E-state index is 12.7. The van der Waals surface area contributed by atoms with E-state index in [0.29, 0.717) is 19.3 Å². The number of ether oxygens (including phenoxy) is 3. The maximum absolute atomic E-state index is 12.7. The summed E-state index contributed by atoms with van der Waals surface area (Å²) in [6.45, 7) is 6.26. The van der Waals surface area contributed by atoms with Crippen LogP contribution in [0, 0.1) is 0 Å². The topological polar surface area (TPSA) is 78.9 Å². The van der Waals surface area contributed by atoms with E-state index in [1.165, 1.54) is 38.5 Å². The minimum atomic E-state index is -0.811. The summed E-state index contributed by atoms with van der Waals surface area (Å²) in [7, 11) is 0. The average molecular weight is 751 g/mol. The maximum Gasteiger partial charge on any atom is 0.306 e. The minimum Gasteiger partial charge on any atom is -0.462 e. The third-order valence-corrected chi connectivity index (χ3v) is 8.64. The quantitative estimate of drug-likeness (QED) is 0.0207. The highest BCUT2D eigenvalue weighted by molar-refractivity contribution is 5.71. The number of unbranched alkanes of at least 4 members (excludes halogenated alkanes) is 13. The van der Waals surface area contributed by atoms with Gasteiger partial charge in [0, 0.05) is 19.3 Å². The second-order valence-corrected chi connectivity index (χ2v) is 13.9. The van der Waals surface area contributed by atoms with Crippen molar-refractivity contribution in [2.24, 2.45) is 0 Å². The Bertz CT molecular complexity index is 1090. The van der Waals surface area contributed by atoms with Crippen LogP contribution in [0.4, 0.5) is 0 Å². The molecule has 0 heterocycles. The number of carbonyl (C=O) groups is 3. The molecule has 0 aromatic heterocycles. The molecule has 0 saturated heterocycles. The summed E-state index contributed by atoms with van der Waals surface area (Å²) in [5.74, 6) is -1.01. The number of carbonyl (C=O) groups excluding carboxylic acids is 3. The van der Waals surface area contributed by atoms with Crippen LogP contribution < -0.4 is 0 Å². The molecule has 0 spiro atoms. The zero-order valence-electron chi connectivity index (χ0n) is 34.7. The van der Waals surface area contributed by atoms with Crippen LogP contribution in [0.3, 0.4) is 0 Å². The molecular formula is C48H78O6. The van der Waals surface area contributed by atoms with E-state index in [0.717, 1.165) is 96.3 Å². The van der Waals surface area contributed by atoms with Gasteiger partial charge in [0.1, 0.15) is 13.2 Å². The Morgan fingerprint density at radius 1 is 0.407 bits per heavy atom. The lowest BCUT2D eigenvalue weighted by molar-refractivity contribution is -0.167. The molecule has 1 atom stereocenters. The third-order valence-electron chi connectivity index (χ3n) is 8.64. The SMILES string of the molecule is CC/C=C\C/C=C\C/C=C\CCCCC(=O)OC(COC(=O)CCCC/C=C\C/C=C\CC)COC(=O)CCCCCCCC/C=C\C=C/CCCCC. The summed E-state index contributed by atoms with van der Waals surface area (Å²) >= 11 is 0. The summed E-state index contributed by atoms with van der Waals surface area (Å²) in [6.07, 6.45) is 52.9. The summed E-state index contributed by atoms with van der Waals surface area (Å²) < 4.78 is 16.6. The first-order valence-corrected chi connectivity index (χ1v) is 21.6. The number of allylic oxidation sites excluding steroid dienone is 14. The van der Waals surface area contributed by atoms with Gasteiger partial charge < -0.3 is 14.2 Å². The van der Waals surface area contributed by atoms with Crippen molar-refractivity contribution in [3.05, 3.63) is 85.1 Å². The van der Waals surface area contributed by atoms with Crippen LogP contribution in [0.5, 0.6) is 0 Å². The van der Waals surface area contributed by atoms with Crippen molar-refractivity contribution in [1.82, 2.24) is 0 Å². The fourth-order valence-corrected chi connectivity index (χ4v) is 5.42. The van der Waals surface area contributed by atoms with Crippen molar-refractivity contribution in [2.75, 3.05) is 13.2 Å². The summed E-state index contributed by atoms with van der Waals surface area (Å²) in [6, 6.07) is 0. The van der Waals surface area contributed by atoms with Gasteiger partial charge in [0.2, 0.25) is 0 Å². The van der Waals surface area contributed by atoms with Gasteiger partial charge in [0.25, 0.3) is 0 Å². The van der Waals surface area contributed by atoms with Gasteiger partial charge in [-0.25, -0.2) is 0 Å². The number of esters is 3. The zero-order valence-corrected chi connectivity index (χ0v) is 34.7. The molecule has 0 aliphatic carbocycles. The predicted molar refractivity (Wildman–Crippen MR) is 228 cm³/mol. The zero-order chi connectivity index (χ0) is 39.4. The molecule has 0 aromatic carbocycles. The first-order valence-electron chi connectivity index (χ1n) is 21.6. The molecule has 0 radical (unpaired) electrons. The van der Waals surface area contributed by atoms with E-state index in [1.807, 2.05) is 0 Å². The van der Waals surface area contributed by atoms with Gasteiger partial charge in [-0.2, -0.15) is 0 Å². The van der Waals surface area contributed by atoms with E-state index >= 15 is 0 Å². The van der Waals surface area contributed by atoms with Gasteiger partial charge in [-0.05, 0) is 103 Å². The Morgan fingerprint density at radius 2 is 0.778 bits per heavy atom. The lowest BCUT2D eigenvalue weighted by atomic mass is 10.1. The van der Waals surface area contributed by atoms with E-state index in [-0.39, 0.29) is 37.5 Å². The molecule has 6 nitrogen and oxygen atoms in total. The standard InChI is InChI=1S/C48H78O6/c1-4-7-10-13-16-19-21-23-24-25-27-29-32-35-38-41-47(50)53-44-45(43-52-46(49)40-37-34-31-28-18-15-12-9-6-3)54-48(51)42-39-36-33-30-26-22-20-17-14-11-8-5-2/h8-9,11-12,16-21,23,26,28,30,45H,4-7,10,13-15,22,24-25,27,29,31-44H2,1-3H3/b11-8-,12-9-,19-16-,20-17-,23-21-,28-18-,30-26-. The number of rotatable bonds is 37. The van der Waals surface area contributed by atoms with Crippen LogP contribution >= 0.6 is 0 Å². The lowest BCUT2D eigenvalue weighted by Gasteiger charge is -2.18. The summed E-state index contributed by atoms with van der Waals surface area (Å²) in [5.41, 5.74) is 0. The predicted octanol–water partition coefficient (Wildman–Crippen LogP) is 13.7. The van der Waals surface area contributed by atoms with Crippen LogP contribution in [0.2, 0.25) is 0 Å². The van der Waals surface area contributed by atoms with Crippen LogP contribution in [0.15, 0.2) is 85.1 Å². The molecule has 1 unspecified atom stereocenters. The normalized spacial score (nSPS) is 12.9. The molecule has 6 heteroatoms. The highest BCUT2D eigenvalue weighted by Gasteiger charge is 2.19. The van der Waals surface area contributed by atoms with Gasteiger partial charge in [0.05, 0.1) is 0 Å². The molecule has 0 rings (SSSR count). The van der Waals surface area contributed by atoms with Crippen molar-refractivity contribution < 1.29 is 28.6 Å². The van der Waals surface area contributed by atoms with Crippen molar-refractivity contribution in [1.29, 1.82) is 0 Å². The van der Waals surface area contributed by atoms with Gasteiger partial charge >= 0.3 is 17.9 Å². The van der Waals surface area contributed by atoms with Crippen molar-refractivity contribution in [3.63, 3.8) is 0 Å². The molecule has 0 aromatic rings. The van der Waals surface area contributed by atoms with Crippen LogP contribution in [0.1, 0.15) is 181 Å². The fourth-order valence-electron chi connectivity index (χ4n) is 5.42. The molecule has 0 N–H and O–H groups in total. The number of hydrogen-bond donors (Lipinski definition) is 0. The fraction of sp³-hybridized carbons (Fsp3) is 0.646. The first-order chi connectivity index (χ1) is 26.5. The van der Waals surface area contributed by atoms with E-state index in [9.17, 15) is 14.4 Å². The van der Waals surface area contributed by atoms with E-state index in [2.05, 4.69) is 106 Å². The largest absolute Gasteiger partial charge is 0.462 e. The van der Waals surface area contributed by atoms with Gasteiger partial charge in [-0.15, -0.1) is 0 Å². The van der Waals surface area contributed by atoms with E-state index in [4.69, 9.17) is 14.2 Å². The van der Waals surface area contributed by atoms with Crippen molar-refractivity contribution in [2.45, 2.75) is 187 Å². The monoisotopic (exact) mass is 751 g/mol. The molecule has 0 aliphatic rings. The molecule has 54 heavy (non-hydrogen) atoms. The second-order valence-electron chi connectivity index (χ2n) is 13.9. The first kappa shape index (κ1) is 50.6. The molecule has 0 bridgehead atoms. The molecule has 0 saturated carbocycles. The molecule has 306 valence electrons. The van der Waals surface area contributed by atoms with Crippen molar-refractivity contribution >= 4 is 17.9 Å². The van der Waals surface area contributed by atoms with Gasteiger partial charge in [-0.3, -0.25) is 14.4 Å². The smallest absolute Gasteiger partial charge is 0.306 e. The Kier molecular flexibility index (Phi) is 39.7. The van der Waals surface area contributed by atoms with Crippen molar-refractivity contribution in [3.8, 4) is 0 Å². The third kappa shape index (κ3) is 39.8. The van der Waals surface area contributed by atoms with E-state index in [1.54, 1.807) is 0 Å². The molecule has 0 amide bonds.